The van der Waals surface area contributed by atoms with Crippen molar-refractivity contribution in [3.05, 3.63) is 26.6 Å². The molecule has 1 aromatic heterocycles. The summed E-state index contributed by atoms with van der Waals surface area (Å²) in [6.45, 7) is 10.6. The van der Waals surface area contributed by atoms with Crippen LogP contribution in [0.15, 0.2) is 16.3 Å². The van der Waals surface area contributed by atoms with Crippen LogP contribution in [0.2, 0.25) is 0 Å². The van der Waals surface area contributed by atoms with Gasteiger partial charge in [-0.05, 0) is 44.3 Å². The van der Waals surface area contributed by atoms with Crippen LogP contribution in [0.4, 0.5) is 0 Å². The second kappa shape index (κ2) is 11.9. The highest BCUT2D eigenvalue weighted by molar-refractivity contribution is 7.09. The van der Waals surface area contributed by atoms with E-state index in [-0.39, 0.29) is 30.3 Å². The number of carbonyl (C=O) groups excluding carboxylic acids is 2. The van der Waals surface area contributed by atoms with Gasteiger partial charge in [0.1, 0.15) is 18.0 Å². The molecule has 200 valence electrons. The van der Waals surface area contributed by atoms with E-state index in [0.29, 0.717) is 6.42 Å². The van der Waals surface area contributed by atoms with Crippen molar-refractivity contribution in [1.29, 1.82) is 0 Å². The van der Waals surface area contributed by atoms with Gasteiger partial charge in [-0.3, -0.25) is 9.59 Å². The minimum absolute atomic E-state index is 0.0305. The molecular formula is C26H38N2O7S. The molecule has 0 aliphatic carbocycles. The number of fused-ring (bicyclic) bond motifs is 1. The van der Waals surface area contributed by atoms with E-state index in [9.17, 15) is 19.6 Å². The third kappa shape index (κ3) is 6.98. The van der Waals surface area contributed by atoms with E-state index in [2.05, 4.69) is 10.3 Å². The number of ketones is 1. The number of nitrogens with zero attached hydrogens (tertiary/aromatic N) is 2. The molecule has 2 saturated heterocycles. The lowest BCUT2D eigenvalue weighted by Crippen LogP contribution is -2.46. The number of esters is 1. The van der Waals surface area contributed by atoms with Crippen LogP contribution in [0, 0.1) is 29.1 Å². The number of aliphatic hydroxyl groups is 1. The Morgan fingerprint density at radius 3 is 2.64 bits per heavy atom. The van der Waals surface area contributed by atoms with E-state index in [1.807, 2.05) is 32.2 Å². The number of rotatable bonds is 4. The van der Waals surface area contributed by atoms with Gasteiger partial charge in [-0.2, -0.15) is 0 Å². The molecule has 0 unspecified atom stereocenters. The smallest absolute Gasteiger partial charge is 0.309 e. The third-order valence-electron chi connectivity index (χ3n) is 7.54. The lowest BCUT2D eigenvalue weighted by atomic mass is 9.73. The second-order valence-electron chi connectivity index (χ2n) is 10.8. The van der Waals surface area contributed by atoms with Gasteiger partial charge in [-0.15, -0.1) is 16.2 Å². The highest BCUT2D eigenvalue weighted by atomic mass is 32.1. The molecule has 0 spiro atoms. The predicted octanol–water partition coefficient (Wildman–Crippen LogP) is 4.79. The van der Waals surface area contributed by atoms with E-state index in [1.54, 1.807) is 32.1 Å². The molecule has 0 saturated carbocycles. The Morgan fingerprint density at radius 2 is 2.00 bits per heavy atom. The second-order valence-corrected chi connectivity index (χ2v) is 11.8. The average Bonchev–Trinajstić information content (AvgIpc) is 3.42. The van der Waals surface area contributed by atoms with Gasteiger partial charge in [-0.1, -0.05) is 34.1 Å². The summed E-state index contributed by atoms with van der Waals surface area (Å²) >= 11 is 1.55. The summed E-state index contributed by atoms with van der Waals surface area (Å²) in [7, 11) is 0. The number of Topliss-reactive ketones (excluding diaryl/α,β-unsaturated/α-hetero) is 1. The Hall–Kier alpha value is -2.17. The Kier molecular flexibility index (Phi) is 9.40. The number of hydrogen-bond donors (Lipinski definition) is 1. The highest BCUT2D eigenvalue weighted by Crippen LogP contribution is 2.37. The van der Waals surface area contributed by atoms with Gasteiger partial charge in [0.25, 0.3) is 0 Å². The average molecular weight is 523 g/mol. The summed E-state index contributed by atoms with van der Waals surface area (Å²) in [5.74, 6) is -1.70. The quantitative estimate of drug-likeness (QED) is 0.259. The van der Waals surface area contributed by atoms with Gasteiger partial charge in [-0.25, -0.2) is 4.98 Å². The highest BCUT2D eigenvalue weighted by Gasteiger charge is 2.45. The van der Waals surface area contributed by atoms with Crippen LogP contribution >= 0.6 is 11.3 Å². The first-order chi connectivity index (χ1) is 16.9. The zero-order valence-corrected chi connectivity index (χ0v) is 22.7. The molecule has 1 N–H and O–H groups in total. The predicted molar refractivity (Wildman–Crippen MR) is 136 cm³/mol. The van der Waals surface area contributed by atoms with Crippen LogP contribution in [0.3, 0.4) is 0 Å². The Labute approximate surface area is 216 Å². The number of hydrogen-bond acceptors (Lipinski definition) is 10. The van der Waals surface area contributed by atoms with Crippen molar-refractivity contribution in [2.75, 3.05) is 0 Å². The molecule has 1 aromatic rings. The van der Waals surface area contributed by atoms with Crippen LogP contribution in [0.5, 0.6) is 0 Å². The van der Waals surface area contributed by atoms with Gasteiger partial charge in [0.2, 0.25) is 0 Å². The molecule has 3 heterocycles. The van der Waals surface area contributed by atoms with E-state index in [0.717, 1.165) is 35.5 Å². The lowest BCUT2D eigenvalue weighted by molar-refractivity contribution is -0.155. The summed E-state index contributed by atoms with van der Waals surface area (Å²) in [5.41, 5.74) is 0.392. The first kappa shape index (κ1) is 28.4. The molecule has 7 atom stereocenters. The third-order valence-corrected chi connectivity index (χ3v) is 8.33. The fourth-order valence-electron chi connectivity index (χ4n) is 5.01. The minimum Gasteiger partial charge on any atom is -0.458 e. The van der Waals surface area contributed by atoms with Gasteiger partial charge in [0.05, 0.1) is 46.8 Å². The summed E-state index contributed by atoms with van der Waals surface area (Å²) in [6.07, 6.45) is 1.96. The van der Waals surface area contributed by atoms with E-state index >= 15 is 0 Å². The Balaban J connectivity index is 1.83. The fourth-order valence-corrected chi connectivity index (χ4v) is 5.58. The number of aryl methyl sites for hydroxylation is 1. The molecule has 10 heteroatoms. The molecule has 2 aliphatic heterocycles. The molecule has 0 amide bonds. The summed E-state index contributed by atoms with van der Waals surface area (Å²) < 4.78 is 11.7. The van der Waals surface area contributed by atoms with Crippen molar-refractivity contribution in [2.45, 2.75) is 104 Å². The lowest BCUT2D eigenvalue weighted by Gasteiger charge is -2.34. The van der Waals surface area contributed by atoms with Crippen LogP contribution in [0.25, 0.3) is 6.08 Å². The number of carbonyl (C=O) groups is 2. The van der Waals surface area contributed by atoms with Crippen LogP contribution in [-0.4, -0.2) is 52.4 Å². The van der Waals surface area contributed by atoms with Crippen molar-refractivity contribution in [3.8, 4) is 0 Å². The van der Waals surface area contributed by atoms with Crippen LogP contribution in [-0.2, 0) is 23.9 Å². The first-order valence-electron chi connectivity index (χ1n) is 12.6. The molecule has 36 heavy (non-hydrogen) atoms. The monoisotopic (exact) mass is 522 g/mol. The van der Waals surface area contributed by atoms with Gasteiger partial charge in [0, 0.05) is 11.8 Å². The Bertz CT molecular complexity index is 975. The number of epoxide rings is 1. The van der Waals surface area contributed by atoms with E-state index < -0.39 is 35.6 Å². The summed E-state index contributed by atoms with van der Waals surface area (Å²) in [4.78, 5) is 46.8. The van der Waals surface area contributed by atoms with E-state index in [1.165, 1.54) is 0 Å². The van der Waals surface area contributed by atoms with Crippen molar-refractivity contribution in [2.24, 2.45) is 22.6 Å². The van der Waals surface area contributed by atoms with Gasteiger partial charge >= 0.3 is 5.97 Å². The molecule has 2 aliphatic rings. The maximum Gasteiger partial charge on any atom is 0.309 e. The van der Waals surface area contributed by atoms with Crippen molar-refractivity contribution >= 4 is 29.2 Å². The van der Waals surface area contributed by atoms with Gasteiger partial charge in [0.15, 0.2) is 5.34 Å². The summed E-state index contributed by atoms with van der Waals surface area (Å²) in [6, 6.07) is 0. The molecule has 2 fully saturated rings. The zero-order valence-electron chi connectivity index (χ0n) is 21.9. The minimum atomic E-state index is -1.27. The molecule has 3 rings (SSSR count). The molecular weight excluding hydrogens is 484 g/mol. The number of cyclic esters (lactones) is 1. The first-order valence-corrected chi connectivity index (χ1v) is 13.5. The largest absolute Gasteiger partial charge is 0.458 e. The molecule has 0 aromatic carbocycles. The number of aliphatic hydroxyl groups excluding tert-OH is 1. The van der Waals surface area contributed by atoms with Crippen molar-refractivity contribution in [3.63, 3.8) is 0 Å². The molecule has 9 nitrogen and oxygen atoms in total. The number of aromatic nitrogens is 1. The topological polar surface area (TPSA) is 128 Å². The standard InChI is InChI=1S/C26H38N2O7S/c1-14-8-7-9-19-21(33-19)11-20(15(2)10-18-13-36-17(4)27-18)34-23(30)12-22(29)26(5,6)25(31)16(3)24(14)35-28-32/h10,13-14,16,19-22,24,29H,7-9,11-12H2,1-6H3/b15-10+/t14-,16+,19+,20-,21-,22-,24-/m0/s1. The normalized spacial score (nSPS) is 34.4. The van der Waals surface area contributed by atoms with Crippen molar-refractivity contribution < 1.29 is 29.0 Å². The van der Waals surface area contributed by atoms with Crippen molar-refractivity contribution in [1.82, 2.24) is 4.98 Å². The summed E-state index contributed by atoms with van der Waals surface area (Å²) in [5, 5.41) is 16.4. The van der Waals surface area contributed by atoms with E-state index in [4.69, 9.17) is 14.3 Å². The maximum absolute atomic E-state index is 13.4. The molecule has 0 radical (unpaired) electrons. The molecule has 0 bridgehead atoms. The number of ether oxygens (including phenoxy) is 2. The van der Waals surface area contributed by atoms with Gasteiger partial charge < -0.3 is 19.4 Å². The fraction of sp³-hybridized carbons (Fsp3) is 0.731. The van der Waals surface area contributed by atoms with Crippen LogP contribution < -0.4 is 0 Å². The Morgan fingerprint density at radius 1 is 1.28 bits per heavy atom. The maximum atomic E-state index is 13.4. The number of thiazole rings is 1. The van der Waals surface area contributed by atoms with Crippen LogP contribution in [0.1, 0.15) is 77.4 Å². The SMILES string of the molecule is C/C(=C\c1csc(C)n1)[C@@H]1C[C@@H]2O[C@@H]2CCC[C@H](C)[C@H](ON=O)[C@@H](C)C(=O)C(C)(C)[C@@H](O)CC(=O)O1. The zero-order chi connectivity index (χ0) is 26.6.